The van der Waals surface area contributed by atoms with E-state index in [1.54, 1.807) is 13.8 Å². The molecule has 0 amide bonds. The zero-order chi connectivity index (χ0) is 14.4. The second-order valence-corrected chi connectivity index (χ2v) is 5.80. The highest BCUT2D eigenvalue weighted by atomic mass is 32.2. The minimum absolute atomic E-state index is 0.166. The molecule has 1 aromatic heterocycles. The van der Waals surface area contributed by atoms with Crippen molar-refractivity contribution in [2.24, 2.45) is 0 Å². The van der Waals surface area contributed by atoms with Crippen LogP contribution in [0.2, 0.25) is 0 Å². The fourth-order valence-corrected chi connectivity index (χ4v) is 2.41. The smallest absolute Gasteiger partial charge is 0.291 e. The lowest BCUT2D eigenvalue weighted by Crippen LogP contribution is -2.31. The van der Waals surface area contributed by atoms with Crippen molar-refractivity contribution < 1.29 is 13.0 Å². The lowest BCUT2D eigenvalue weighted by Gasteiger charge is -2.13. The zero-order valence-corrected chi connectivity index (χ0v) is 11.1. The number of nitrogens with zero attached hydrogens (tertiary/aromatic N) is 1. The maximum absolute atomic E-state index is 11.8. The van der Waals surface area contributed by atoms with Gasteiger partial charge in [0.2, 0.25) is 0 Å². The Morgan fingerprint density at radius 1 is 1.26 bits per heavy atom. The van der Waals surface area contributed by atoms with E-state index in [1.165, 1.54) is 10.6 Å². The number of aromatic nitrogens is 2. The summed E-state index contributed by atoms with van der Waals surface area (Å²) in [7, 11) is -4.39. The first kappa shape index (κ1) is 13.5. The lowest BCUT2D eigenvalue weighted by molar-refractivity contribution is 0.483. The van der Waals surface area contributed by atoms with Crippen LogP contribution in [-0.4, -0.2) is 22.5 Å². The Bertz CT molecular complexity index is 861. The van der Waals surface area contributed by atoms with Crippen LogP contribution in [0.25, 0.3) is 10.9 Å². The van der Waals surface area contributed by atoms with Gasteiger partial charge in [-0.1, -0.05) is 0 Å². The van der Waals surface area contributed by atoms with E-state index in [2.05, 4.69) is 4.98 Å². The summed E-state index contributed by atoms with van der Waals surface area (Å²) in [5, 5.41) is 0.181. The van der Waals surface area contributed by atoms with E-state index in [9.17, 15) is 18.0 Å². The Kier molecular flexibility index (Phi) is 3.07. The molecule has 102 valence electrons. The number of aromatic amines is 1. The van der Waals surface area contributed by atoms with Crippen LogP contribution < -0.4 is 11.2 Å². The van der Waals surface area contributed by atoms with E-state index in [0.29, 0.717) is 0 Å². The highest BCUT2D eigenvalue weighted by Crippen LogP contribution is 2.17. The van der Waals surface area contributed by atoms with E-state index >= 15 is 0 Å². The first-order chi connectivity index (χ1) is 8.71. The summed E-state index contributed by atoms with van der Waals surface area (Å²) in [4.78, 5) is 25.2. The van der Waals surface area contributed by atoms with Gasteiger partial charge in [-0.2, -0.15) is 8.42 Å². The molecule has 2 aromatic rings. The quantitative estimate of drug-likeness (QED) is 0.781. The third-order valence-corrected chi connectivity index (χ3v) is 3.58. The SMILES string of the molecule is CC(C)n1c(=O)[nH]c(=O)c2ccc(S(=O)(=O)O)cc21. The van der Waals surface area contributed by atoms with Gasteiger partial charge in [0.05, 0.1) is 15.8 Å². The van der Waals surface area contributed by atoms with Crippen LogP contribution in [0.4, 0.5) is 0 Å². The molecule has 0 radical (unpaired) electrons. The Morgan fingerprint density at radius 3 is 2.42 bits per heavy atom. The second kappa shape index (κ2) is 4.32. The van der Waals surface area contributed by atoms with E-state index in [0.717, 1.165) is 12.1 Å². The van der Waals surface area contributed by atoms with E-state index in [1.807, 2.05) is 0 Å². The zero-order valence-electron chi connectivity index (χ0n) is 10.2. The van der Waals surface area contributed by atoms with Gasteiger partial charge in [0.25, 0.3) is 15.7 Å². The van der Waals surface area contributed by atoms with Crippen molar-refractivity contribution in [2.45, 2.75) is 24.8 Å². The lowest BCUT2D eigenvalue weighted by atomic mass is 10.2. The fourth-order valence-electron chi connectivity index (χ4n) is 1.91. The number of fused-ring (bicyclic) bond motifs is 1. The highest BCUT2D eigenvalue weighted by molar-refractivity contribution is 7.85. The molecule has 0 saturated heterocycles. The van der Waals surface area contributed by atoms with Gasteiger partial charge in [-0.15, -0.1) is 0 Å². The van der Waals surface area contributed by atoms with Crippen LogP contribution in [0.5, 0.6) is 0 Å². The van der Waals surface area contributed by atoms with Crippen molar-refractivity contribution in [3.05, 3.63) is 39.0 Å². The summed E-state index contributed by atoms with van der Waals surface area (Å²) in [5.41, 5.74) is -1.06. The van der Waals surface area contributed by atoms with Crippen molar-refractivity contribution in [3.8, 4) is 0 Å². The van der Waals surface area contributed by atoms with Gasteiger partial charge in [-0.3, -0.25) is 18.9 Å². The Balaban J connectivity index is 3.02. The minimum Gasteiger partial charge on any atom is -0.291 e. The minimum atomic E-state index is -4.39. The molecule has 0 saturated carbocycles. The van der Waals surface area contributed by atoms with E-state index in [4.69, 9.17) is 4.55 Å². The van der Waals surface area contributed by atoms with Gasteiger partial charge >= 0.3 is 5.69 Å². The van der Waals surface area contributed by atoms with Gasteiger partial charge in [-0.05, 0) is 32.0 Å². The molecule has 0 aliphatic carbocycles. The number of H-pyrrole nitrogens is 1. The predicted octanol–water partition coefficient (Wildman–Crippen LogP) is 0.517. The van der Waals surface area contributed by atoms with Crippen molar-refractivity contribution in [1.29, 1.82) is 0 Å². The van der Waals surface area contributed by atoms with Crippen molar-refractivity contribution in [1.82, 2.24) is 9.55 Å². The monoisotopic (exact) mass is 284 g/mol. The molecule has 7 nitrogen and oxygen atoms in total. The van der Waals surface area contributed by atoms with Crippen LogP contribution in [-0.2, 0) is 10.1 Å². The second-order valence-electron chi connectivity index (χ2n) is 4.38. The van der Waals surface area contributed by atoms with Crippen LogP contribution in [0.3, 0.4) is 0 Å². The maximum atomic E-state index is 11.8. The molecule has 0 spiro atoms. The molecule has 1 heterocycles. The molecule has 2 rings (SSSR count). The molecular weight excluding hydrogens is 272 g/mol. The van der Waals surface area contributed by atoms with Crippen molar-refractivity contribution in [2.75, 3.05) is 0 Å². The van der Waals surface area contributed by atoms with Gasteiger partial charge in [0, 0.05) is 6.04 Å². The molecule has 2 N–H and O–H groups in total. The molecule has 0 fully saturated rings. The number of hydrogen-bond donors (Lipinski definition) is 2. The Labute approximate surface area is 108 Å². The predicted molar refractivity (Wildman–Crippen MR) is 69.0 cm³/mol. The number of nitrogens with one attached hydrogen (secondary N) is 1. The average Bonchev–Trinajstić information content (AvgIpc) is 2.26. The molecule has 0 aliphatic rings. The van der Waals surface area contributed by atoms with Crippen molar-refractivity contribution >= 4 is 21.0 Å². The molecule has 0 unspecified atom stereocenters. The van der Waals surface area contributed by atoms with Crippen LogP contribution >= 0.6 is 0 Å². The number of rotatable bonds is 2. The summed E-state index contributed by atoms with van der Waals surface area (Å²) in [6, 6.07) is 3.21. The van der Waals surface area contributed by atoms with Crippen LogP contribution in [0, 0.1) is 0 Å². The Hall–Kier alpha value is -1.93. The summed E-state index contributed by atoms with van der Waals surface area (Å²) in [5.74, 6) is 0. The average molecular weight is 284 g/mol. The number of hydrogen-bond acceptors (Lipinski definition) is 4. The van der Waals surface area contributed by atoms with Gasteiger partial charge in [0.1, 0.15) is 0 Å². The summed E-state index contributed by atoms with van der Waals surface area (Å²) in [6.07, 6.45) is 0. The molecule has 19 heavy (non-hydrogen) atoms. The Morgan fingerprint density at radius 2 is 1.89 bits per heavy atom. The number of benzene rings is 1. The molecular formula is C11H12N2O5S. The highest BCUT2D eigenvalue weighted by Gasteiger charge is 2.15. The molecule has 0 aliphatic heterocycles. The van der Waals surface area contributed by atoms with E-state index in [-0.39, 0.29) is 21.8 Å². The molecule has 8 heteroatoms. The van der Waals surface area contributed by atoms with E-state index < -0.39 is 21.4 Å². The fraction of sp³-hybridized carbons (Fsp3) is 0.273. The normalized spacial score (nSPS) is 12.2. The molecule has 1 aromatic carbocycles. The first-order valence-electron chi connectivity index (χ1n) is 5.48. The topological polar surface area (TPSA) is 109 Å². The molecule has 0 atom stereocenters. The van der Waals surface area contributed by atoms with Gasteiger partial charge in [-0.25, -0.2) is 4.79 Å². The molecule has 0 bridgehead atoms. The van der Waals surface area contributed by atoms with Gasteiger partial charge in [0.15, 0.2) is 0 Å². The first-order valence-corrected chi connectivity index (χ1v) is 6.92. The largest absolute Gasteiger partial charge is 0.329 e. The standard InChI is InChI=1S/C11H12N2O5S/c1-6(2)13-9-5-7(19(16,17)18)3-4-8(9)10(14)12-11(13)15/h3-6H,1-2H3,(H,12,14,15)(H,16,17,18). The van der Waals surface area contributed by atoms with Crippen LogP contribution in [0.15, 0.2) is 32.7 Å². The third kappa shape index (κ3) is 2.32. The third-order valence-electron chi connectivity index (χ3n) is 2.73. The summed E-state index contributed by atoms with van der Waals surface area (Å²) < 4.78 is 32.5. The van der Waals surface area contributed by atoms with Gasteiger partial charge < -0.3 is 0 Å². The maximum Gasteiger partial charge on any atom is 0.329 e. The van der Waals surface area contributed by atoms with Crippen LogP contribution in [0.1, 0.15) is 19.9 Å². The van der Waals surface area contributed by atoms with Crippen molar-refractivity contribution in [3.63, 3.8) is 0 Å². The summed E-state index contributed by atoms with van der Waals surface area (Å²) in [6.45, 7) is 3.44. The summed E-state index contributed by atoms with van der Waals surface area (Å²) >= 11 is 0.